The zero-order valence-corrected chi connectivity index (χ0v) is 16.4. The Kier molecular flexibility index (Phi) is 5.04. The largest absolute Gasteiger partial charge is 0.490 e. The molecule has 146 valence electrons. The van der Waals surface area contributed by atoms with Crippen LogP contribution in [0.1, 0.15) is 25.8 Å². The number of amides is 2. The number of fused-ring (bicyclic) bond motifs is 1. The first-order chi connectivity index (χ1) is 14.1. The normalized spacial score (nSPS) is 16.3. The number of hydrogen-bond donors (Lipinski definition) is 1. The average Bonchev–Trinajstić information content (AvgIpc) is 3.04. The molecule has 3 aromatic carbocycles. The highest BCUT2D eigenvalue weighted by atomic mass is 16.5. The van der Waals surface area contributed by atoms with Gasteiger partial charge in [-0.2, -0.15) is 0 Å². The minimum absolute atomic E-state index is 0.0160. The van der Waals surface area contributed by atoms with Crippen molar-refractivity contribution in [1.29, 1.82) is 0 Å². The van der Waals surface area contributed by atoms with Gasteiger partial charge in [-0.15, -0.1) is 0 Å². The number of hydrazine groups is 1. The first kappa shape index (κ1) is 18.7. The Morgan fingerprint density at radius 1 is 1.00 bits per heavy atom. The Morgan fingerprint density at radius 3 is 2.48 bits per heavy atom. The van der Waals surface area contributed by atoms with Gasteiger partial charge in [0.1, 0.15) is 11.3 Å². The van der Waals surface area contributed by atoms with Gasteiger partial charge in [-0.1, -0.05) is 55.5 Å². The summed E-state index contributed by atoms with van der Waals surface area (Å²) in [5, 5.41) is 3.22. The molecule has 1 aliphatic heterocycles. The highest BCUT2D eigenvalue weighted by Gasteiger charge is 2.34. The Labute approximate surface area is 169 Å². The van der Waals surface area contributed by atoms with E-state index in [0.717, 1.165) is 22.8 Å². The van der Waals surface area contributed by atoms with Crippen molar-refractivity contribution < 1.29 is 14.3 Å². The van der Waals surface area contributed by atoms with Gasteiger partial charge in [-0.05, 0) is 48.4 Å². The smallest absolute Gasteiger partial charge is 0.282 e. The van der Waals surface area contributed by atoms with Crippen molar-refractivity contribution in [3.05, 3.63) is 77.9 Å². The van der Waals surface area contributed by atoms with Crippen molar-refractivity contribution in [1.82, 2.24) is 5.43 Å². The lowest BCUT2D eigenvalue weighted by molar-refractivity contribution is -0.117. The van der Waals surface area contributed by atoms with E-state index in [1.165, 1.54) is 5.01 Å². The van der Waals surface area contributed by atoms with Crippen LogP contribution in [0.25, 0.3) is 16.8 Å². The number of carbonyl (C=O) groups excluding carboxylic acids is 2. The predicted octanol–water partition coefficient (Wildman–Crippen LogP) is 4.48. The van der Waals surface area contributed by atoms with Crippen molar-refractivity contribution in [3.63, 3.8) is 0 Å². The van der Waals surface area contributed by atoms with Crippen LogP contribution in [0.4, 0.5) is 5.69 Å². The van der Waals surface area contributed by atoms with E-state index in [1.807, 2.05) is 61.5 Å². The average molecular weight is 386 g/mol. The van der Waals surface area contributed by atoms with E-state index in [4.69, 9.17) is 4.74 Å². The summed E-state index contributed by atoms with van der Waals surface area (Å²) in [4.78, 5) is 25.6. The number of para-hydroxylation sites is 1. The fourth-order valence-electron chi connectivity index (χ4n) is 3.29. The van der Waals surface area contributed by atoms with Crippen LogP contribution >= 0.6 is 0 Å². The first-order valence-electron chi connectivity index (χ1n) is 9.69. The molecule has 1 N–H and O–H groups in total. The van der Waals surface area contributed by atoms with Gasteiger partial charge in [-0.3, -0.25) is 15.0 Å². The van der Waals surface area contributed by atoms with E-state index >= 15 is 0 Å². The number of benzene rings is 3. The second-order valence-corrected chi connectivity index (χ2v) is 7.01. The summed E-state index contributed by atoms with van der Waals surface area (Å²) >= 11 is 0. The van der Waals surface area contributed by atoms with E-state index < -0.39 is 5.91 Å². The summed E-state index contributed by atoms with van der Waals surface area (Å²) < 4.78 is 6.09. The van der Waals surface area contributed by atoms with Crippen molar-refractivity contribution in [3.8, 4) is 5.75 Å². The maximum atomic E-state index is 13.0. The molecule has 0 saturated carbocycles. The molecular weight excluding hydrogens is 364 g/mol. The number of rotatable bonds is 5. The zero-order chi connectivity index (χ0) is 20.4. The zero-order valence-electron chi connectivity index (χ0n) is 16.4. The van der Waals surface area contributed by atoms with Gasteiger partial charge in [0, 0.05) is 5.56 Å². The van der Waals surface area contributed by atoms with E-state index in [1.54, 1.807) is 18.2 Å². The molecule has 2 amide bonds. The Hall–Kier alpha value is -3.60. The van der Waals surface area contributed by atoms with E-state index in [9.17, 15) is 9.59 Å². The van der Waals surface area contributed by atoms with Crippen molar-refractivity contribution in [2.24, 2.45) is 0 Å². The van der Waals surface area contributed by atoms with Crippen molar-refractivity contribution >= 4 is 34.4 Å². The van der Waals surface area contributed by atoms with E-state index in [2.05, 4.69) is 12.3 Å². The second-order valence-electron chi connectivity index (χ2n) is 7.01. The molecule has 0 radical (unpaired) electrons. The SMILES string of the molecule is CC[C@H](C)Oc1ccc2ccccc2c1/C=C1/C(=O)NN(c2ccccc2)C1=O. The summed E-state index contributed by atoms with van der Waals surface area (Å²) in [5.41, 5.74) is 4.08. The van der Waals surface area contributed by atoms with Gasteiger partial charge in [0.05, 0.1) is 11.8 Å². The summed E-state index contributed by atoms with van der Waals surface area (Å²) in [7, 11) is 0. The van der Waals surface area contributed by atoms with E-state index in [-0.39, 0.29) is 17.6 Å². The molecule has 5 nitrogen and oxygen atoms in total. The third kappa shape index (κ3) is 3.59. The minimum atomic E-state index is -0.429. The van der Waals surface area contributed by atoms with Gasteiger partial charge in [-0.25, -0.2) is 5.01 Å². The van der Waals surface area contributed by atoms with Gasteiger partial charge in [0.15, 0.2) is 0 Å². The number of nitrogens with zero attached hydrogens (tertiary/aromatic N) is 1. The first-order valence-corrected chi connectivity index (χ1v) is 9.69. The van der Waals surface area contributed by atoms with E-state index in [0.29, 0.717) is 11.4 Å². The molecule has 5 heteroatoms. The molecule has 1 fully saturated rings. The highest BCUT2D eigenvalue weighted by Crippen LogP contribution is 2.32. The maximum absolute atomic E-state index is 13.0. The van der Waals surface area contributed by atoms with Crippen molar-refractivity contribution in [2.45, 2.75) is 26.4 Å². The molecule has 4 rings (SSSR count). The molecule has 0 bridgehead atoms. The quantitative estimate of drug-likeness (QED) is 0.520. The molecule has 3 aromatic rings. The van der Waals surface area contributed by atoms with Gasteiger partial charge < -0.3 is 4.74 Å². The van der Waals surface area contributed by atoms with Crippen LogP contribution in [-0.4, -0.2) is 17.9 Å². The fourth-order valence-corrected chi connectivity index (χ4v) is 3.29. The Balaban J connectivity index is 1.81. The van der Waals surface area contributed by atoms with Crippen LogP contribution < -0.4 is 15.2 Å². The molecule has 1 atom stereocenters. The molecule has 29 heavy (non-hydrogen) atoms. The maximum Gasteiger partial charge on any atom is 0.282 e. The lowest BCUT2D eigenvalue weighted by Gasteiger charge is -2.17. The third-order valence-electron chi connectivity index (χ3n) is 5.03. The lowest BCUT2D eigenvalue weighted by atomic mass is 10.0. The topological polar surface area (TPSA) is 58.6 Å². The fraction of sp³-hybridized carbons (Fsp3) is 0.167. The van der Waals surface area contributed by atoms with Crippen molar-refractivity contribution in [2.75, 3.05) is 5.01 Å². The Bertz CT molecular complexity index is 1110. The minimum Gasteiger partial charge on any atom is -0.490 e. The van der Waals surface area contributed by atoms with Crippen LogP contribution in [0, 0.1) is 0 Å². The number of hydrogen-bond acceptors (Lipinski definition) is 3. The summed E-state index contributed by atoms with van der Waals surface area (Å²) in [5.74, 6) is -0.158. The van der Waals surface area contributed by atoms with Gasteiger partial charge in [0.25, 0.3) is 11.8 Å². The lowest BCUT2D eigenvalue weighted by Crippen LogP contribution is -2.35. The number of anilines is 1. The number of carbonyl (C=O) groups is 2. The Morgan fingerprint density at radius 2 is 1.72 bits per heavy atom. The predicted molar refractivity (Wildman–Crippen MR) is 114 cm³/mol. The highest BCUT2D eigenvalue weighted by molar-refractivity contribution is 6.32. The number of ether oxygens (including phenoxy) is 1. The molecule has 0 unspecified atom stereocenters. The van der Waals surface area contributed by atoms with Gasteiger partial charge in [0.2, 0.25) is 0 Å². The van der Waals surface area contributed by atoms with Crippen LogP contribution in [0.3, 0.4) is 0 Å². The molecule has 0 spiro atoms. The standard InChI is InChI=1S/C24H22N2O3/c1-3-16(2)29-22-14-13-17-9-7-8-12-19(17)20(22)15-21-23(27)25-26(24(21)28)18-10-5-4-6-11-18/h4-16H,3H2,1-2H3,(H,25,27)/b21-15-/t16-/m0/s1. The molecule has 1 heterocycles. The van der Waals surface area contributed by atoms with Crippen LogP contribution in [0.2, 0.25) is 0 Å². The molecule has 1 aliphatic rings. The van der Waals surface area contributed by atoms with Crippen LogP contribution in [-0.2, 0) is 9.59 Å². The second kappa shape index (κ2) is 7.80. The molecular formula is C24H22N2O3. The van der Waals surface area contributed by atoms with Crippen LogP contribution in [0.5, 0.6) is 5.75 Å². The molecule has 0 aromatic heterocycles. The summed E-state index contributed by atoms with van der Waals surface area (Å²) in [6.45, 7) is 4.05. The van der Waals surface area contributed by atoms with Crippen LogP contribution in [0.15, 0.2) is 72.3 Å². The summed E-state index contributed by atoms with van der Waals surface area (Å²) in [6, 6.07) is 20.8. The number of nitrogens with one attached hydrogen (secondary N) is 1. The molecule has 1 saturated heterocycles. The monoisotopic (exact) mass is 386 g/mol. The third-order valence-corrected chi connectivity index (χ3v) is 5.03. The molecule has 0 aliphatic carbocycles. The van der Waals surface area contributed by atoms with Gasteiger partial charge >= 0.3 is 0 Å². The summed E-state index contributed by atoms with van der Waals surface area (Å²) in [6.07, 6.45) is 2.51.